The number of hydrogen-bond donors (Lipinski definition) is 2. The Balaban J connectivity index is 2.52. The van der Waals surface area contributed by atoms with E-state index in [-0.39, 0.29) is 18.0 Å². The number of ether oxygens (including phenoxy) is 1. The molecule has 0 aliphatic rings. The molecule has 4 nitrogen and oxygen atoms in total. The number of carbonyl (C=O) groups is 1. The van der Waals surface area contributed by atoms with E-state index >= 15 is 0 Å². The van der Waals surface area contributed by atoms with Gasteiger partial charge in [-0.1, -0.05) is 24.6 Å². The largest absolute Gasteiger partial charge is 0.504 e. The zero-order valence-electron chi connectivity index (χ0n) is 14.5. The Morgan fingerprint density at radius 1 is 1.35 bits per heavy atom. The van der Waals surface area contributed by atoms with Crippen LogP contribution in [-0.2, 0) is 11.2 Å². The highest BCUT2D eigenvalue weighted by molar-refractivity contribution is 5.85. The van der Waals surface area contributed by atoms with Gasteiger partial charge >= 0.3 is 0 Å². The Kier molecular flexibility index (Phi) is 7.83. The van der Waals surface area contributed by atoms with Crippen LogP contribution >= 0.6 is 0 Å². The van der Waals surface area contributed by atoms with E-state index in [4.69, 9.17) is 4.74 Å². The molecule has 1 aromatic rings. The first kappa shape index (κ1) is 19.2. The molecule has 0 saturated carbocycles. The minimum absolute atomic E-state index is 0.0390. The fraction of sp³-hybridized carbons (Fsp3) is 0.526. The van der Waals surface area contributed by atoms with Gasteiger partial charge in [0.25, 0.3) is 0 Å². The van der Waals surface area contributed by atoms with E-state index in [1.54, 1.807) is 12.1 Å². The van der Waals surface area contributed by atoms with Crippen molar-refractivity contribution in [2.45, 2.75) is 52.6 Å². The molecule has 0 saturated heterocycles. The average Bonchev–Trinajstić information content (AvgIpc) is 2.48. The van der Waals surface area contributed by atoms with Crippen molar-refractivity contribution < 1.29 is 19.7 Å². The van der Waals surface area contributed by atoms with Gasteiger partial charge in [-0.25, -0.2) is 0 Å². The number of aliphatic hydroxyl groups is 1. The zero-order valence-corrected chi connectivity index (χ0v) is 14.5. The molecule has 128 valence electrons. The quantitative estimate of drug-likeness (QED) is 0.682. The molecule has 0 bridgehead atoms. The lowest BCUT2D eigenvalue weighted by atomic mass is 9.94. The first-order chi connectivity index (χ1) is 10.8. The standard InChI is InChI=1S/C19H28O4/c1-13(2)6-5-7-14(3)10-17(21)18(22)11-15-8-9-16(20)19(12-15)23-4/h6,8-9,12,14,17,20-21H,5,7,10-11H2,1-4H3/t14-,17?/m0/s1. The highest BCUT2D eigenvalue weighted by atomic mass is 16.5. The molecule has 1 unspecified atom stereocenters. The van der Waals surface area contributed by atoms with Crippen LogP contribution in [0.2, 0.25) is 0 Å². The predicted molar refractivity (Wildman–Crippen MR) is 91.8 cm³/mol. The summed E-state index contributed by atoms with van der Waals surface area (Å²) in [6, 6.07) is 4.79. The van der Waals surface area contributed by atoms with Crippen LogP contribution in [0.15, 0.2) is 29.8 Å². The van der Waals surface area contributed by atoms with Crippen molar-refractivity contribution in [1.82, 2.24) is 0 Å². The van der Waals surface area contributed by atoms with Gasteiger partial charge in [0.2, 0.25) is 0 Å². The number of allylic oxidation sites excluding steroid dienone is 2. The molecule has 0 heterocycles. The maximum atomic E-state index is 12.1. The van der Waals surface area contributed by atoms with E-state index in [0.29, 0.717) is 18.1 Å². The highest BCUT2D eigenvalue weighted by Gasteiger charge is 2.19. The second kappa shape index (κ2) is 9.36. The number of benzene rings is 1. The van der Waals surface area contributed by atoms with Crippen molar-refractivity contribution in [3.8, 4) is 11.5 Å². The van der Waals surface area contributed by atoms with Crippen molar-refractivity contribution in [3.05, 3.63) is 35.4 Å². The minimum atomic E-state index is -0.948. The summed E-state index contributed by atoms with van der Waals surface area (Å²) in [5.41, 5.74) is 2.01. The zero-order chi connectivity index (χ0) is 17.4. The van der Waals surface area contributed by atoms with Crippen molar-refractivity contribution in [2.24, 2.45) is 5.92 Å². The fourth-order valence-corrected chi connectivity index (χ4v) is 2.44. The van der Waals surface area contributed by atoms with Gasteiger partial charge in [-0.05, 0) is 56.7 Å². The number of aromatic hydroxyl groups is 1. The molecule has 0 aliphatic carbocycles. The number of phenols is 1. The minimum Gasteiger partial charge on any atom is -0.504 e. The second-order valence-electron chi connectivity index (χ2n) is 6.36. The molecule has 2 N–H and O–H groups in total. The summed E-state index contributed by atoms with van der Waals surface area (Å²) in [6.07, 6.45) is 3.77. The fourth-order valence-electron chi connectivity index (χ4n) is 2.44. The van der Waals surface area contributed by atoms with Gasteiger partial charge in [-0.2, -0.15) is 0 Å². The van der Waals surface area contributed by atoms with Gasteiger partial charge in [0.15, 0.2) is 17.3 Å². The van der Waals surface area contributed by atoms with Crippen molar-refractivity contribution in [2.75, 3.05) is 7.11 Å². The smallest absolute Gasteiger partial charge is 0.165 e. The van der Waals surface area contributed by atoms with Crippen LogP contribution in [0, 0.1) is 5.92 Å². The molecular weight excluding hydrogens is 292 g/mol. The van der Waals surface area contributed by atoms with Gasteiger partial charge in [-0.3, -0.25) is 4.79 Å². The molecule has 0 aliphatic heterocycles. The molecule has 0 fully saturated rings. The first-order valence-electron chi connectivity index (χ1n) is 8.03. The van der Waals surface area contributed by atoms with Crippen LogP contribution in [0.4, 0.5) is 0 Å². The summed E-state index contributed by atoms with van der Waals surface area (Å²) in [5, 5.41) is 19.6. The summed E-state index contributed by atoms with van der Waals surface area (Å²) >= 11 is 0. The number of hydrogen-bond acceptors (Lipinski definition) is 4. The first-order valence-corrected chi connectivity index (χ1v) is 8.03. The van der Waals surface area contributed by atoms with E-state index in [1.807, 2.05) is 0 Å². The van der Waals surface area contributed by atoms with E-state index in [9.17, 15) is 15.0 Å². The Bertz CT molecular complexity index is 544. The number of phenolic OH excluding ortho intramolecular Hbond substituents is 1. The molecule has 23 heavy (non-hydrogen) atoms. The maximum absolute atomic E-state index is 12.1. The van der Waals surface area contributed by atoms with Crippen molar-refractivity contribution >= 4 is 5.78 Å². The molecule has 4 heteroatoms. The van der Waals surface area contributed by atoms with Gasteiger partial charge in [0, 0.05) is 6.42 Å². The number of ketones is 1. The average molecular weight is 320 g/mol. The third-order valence-electron chi connectivity index (χ3n) is 3.83. The molecule has 1 aromatic carbocycles. The molecule has 0 amide bonds. The SMILES string of the molecule is COc1cc(CC(=O)C(O)C[C@@H](C)CCC=C(C)C)ccc1O. The number of methoxy groups -OCH3 is 1. The summed E-state index contributed by atoms with van der Waals surface area (Å²) in [7, 11) is 1.46. The topological polar surface area (TPSA) is 66.8 Å². The Morgan fingerprint density at radius 2 is 2.04 bits per heavy atom. The summed E-state index contributed by atoms with van der Waals surface area (Å²) in [6.45, 7) is 6.18. The van der Waals surface area contributed by atoms with Crippen LogP contribution < -0.4 is 4.74 Å². The Labute approximate surface area is 138 Å². The predicted octanol–water partition coefficient (Wildman–Crippen LogP) is 3.65. The third kappa shape index (κ3) is 6.87. The van der Waals surface area contributed by atoms with Gasteiger partial charge in [0.05, 0.1) is 7.11 Å². The second-order valence-corrected chi connectivity index (χ2v) is 6.36. The summed E-state index contributed by atoms with van der Waals surface area (Å²) in [5.74, 6) is 0.461. The number of carbonyl (C=O) groups excluding carboxylic acids is 1. The van der Waals surface area contributed by atoms with Crippen LogP contribution in [0.5, 0.6) is 11.5 Å². The van der Waals surface area contributed by atoms with E-state index in [2.05, 4.69) is 26.8 Å². The highest BCUT2D eigenvalue weighted by Crippen LogP contribution is 2.26. The number of Topliss-reactive ketones (excluding diaryl/α,β-unsaturated/α-hetero) is 1. The van der Waals surface area contributed by atoms with Crippen LogP contribution in [0.3, 0.4) is 0 Å². The van der Waals surface area contributed by atoms with E-state index in [1.165, 1.54) is 18.7 Å². The summed E-state index contributed by atoms with van der Waals surface area (Å²) < 4.78 is 5.03. The third-order valence-corrected chi connectivity index (χ3v) is 3.83. The monoisotopic (exact) mass is 320 g/mol. The van der Waals surface area contributed by atoms with Gasteiger partial charge in [-0.15, -0.1) is 0 Å². The molecule has 2 atom stereocenters. The maximum Gasteiger partial charge on any atom is 0.165 e. The Hall–Kier alpha value is -1.81. The molecular formula is C19H28O4. The molecule has 0 aromatic heterocycles. The molecule has 0 radical (unpaired) electrons. The normalized spacial score (nSPS) is 13.3. The van der Waals surface area contributed by atoms with E-state index < -0.39 is 6.10 Å². The van der Waals surface area contributed by atoms with Crippen molar-refractivity contribution in [3.63, 3.8) is 0 Å². The summed E-state index contributed by atoms with van der Waals surface area (Å²) in [4.78, 5) is 12.1. The van der Waals surface area contributed by atoms with E-state index in [0.717, 1.165) is 18.4 Å². The van der Waals surface area contributed by atoms with Crippen LogP contribution in [0.1, 0.15) is 45.6 Å². The number of aliphatic hydroxyl groups excluding tert-OH is 1. The lowest BCUT2D eigenvalue weighted by Gasteiger charge is -2.15. The van der Waals surface area contributed by atoms with Gasteiger partial charge < -0.3 is 14.9 Å². The van der Waals surface area contributed by atoms with Crippen molar-refractivity contribution in [1.29, 1.82) is 0 Å². The van der Waals surface area contributed by atoms with Crippen LogP contribution in [-0.4, -0.2) is 29.2 Å². The lowest BCUT2D eigenvalue weighted by Crippen LogP contribution is -2.24. The van der Waals surface area contributed by atoms with Gasteiger partial charge in [0.1, 0.15) is 6.10 Å². The lowest BCUT2D eigenvalue weighted by molar-refractivity contribution is -0.127. The number of rotatable bonds is 9. The van der Waals surface area contributed by atoms with Crippen LogP contribution in [0.25, 0.3) is 0 Å². The Morgan fingerprint density at radius 3 is 2.65 bits per heavy atom. The molecule has 1 rings (SSSR count). The molecule has 0 spiro atoms.